The summed E-state index contributed by atoms with van der Waals surface area (Å²) in [7, 11) is -0.577. The maximum absolute atomic E-state index is 12.4. The fraction of sp³-hybridized carbons (Fsp3) is 0.250. The van der Waals surface area contributed by atoms with E-state index >= 15 is 0 Å². The molecule has 0 aliphatic rings. The predicted molar refractivity (Wildman–Crippen MR) is 96.2 cm³/mol. The smallest absolute Gasteiger partial charge is 0.244 e. The van der Waals surface area contributed by atoms with Gasteiger partial charge < -0.3 is 0 Å². The summed E-state index contributed by atoms with van der Waals surface area (Å²) in [6.45, 7) is 1.79. The molecule has 0 radical (unpaired) electrons. The van der Waals surface area contributed by atoms with Crippen LogP contribution in [0.15, 0.2) is 52.5 Å². The van der Waals surface area contributed by atoms with Gasteiger partial charge >= 0.3 is 0 Å². The molecule has 0 aliphatic carbocycles. The van der Waals surface area contributed by atoms with Gasteiger partial charge in [0.25, 0.3) is 0 Å². The first-order valence-electron chi connectivity index (χ1n) is 7.07. The van der Waals surface area contributed by atoms with Crippen LogP contribution in [0.25, 0.3) is 0 Å². The Morgan fingerprint density at radius 1 is 1.17 bits per heavy atom. The number of nitrogens with zero attached hydrogens (tertiary/aromatic N) is 2. The first-order valence-corrected chi connectivity index (χ1v) is 9.76. The minimum Gasteiger partial charge on any atom is -0.293 e. The highest BCUT2D eigenvalue weighted by Gasteiger charge is 2.20. The van der Waals surface area contributed by atoms with Crippen LogP contribution in [-0.2, 0) is 10.0 Å². The van der Waals surface area contributed by atoms with Crippen molar-refractivity contribution in [2.24, 2.45) is 0 Å². The van der Waals surface area contributed by atoms with Gasteiger partial charge in [0, 0.05) is 30.9 Å². The van der Waals surface area contributed by atoms with Gasteiger partial charge in [0.1, 0.15) is 4.90 Å². The fourth-order valence-corrected chi connectivity index (χ4v) is 3.72. The number of Topliss-reactive ketones (excluding diaryl/α,β-unsaturated/α-hetero) is 1. The molecule has 0 spiro atoms. The molecule has 2 aromatic rings. The molecule has 0 saturated heterocycles. The maximum atomic E-state index is 12.4. The Hall–Kier alpha value is -1.41. The molecule has 0 aliphatic heterocycles. The lowest BCUT2D eigenvalue weighted by atomic mass is 10.1. The minimum atomic E-state index is -3.50. The van der Waals surface area contributed by atoms with Crippen molar-refractivity contribution in [3.8, 4) is 0 Å². The van der Waals surface area contributed by atoms with Crippen LogP contribution in [0.5, 0.6) is 0 Å². The first kappa shape index (κ1) is 18.9. The van der Waals surface area contributed by atoms with Crippen molar-refractivity contribution in [2.75, 3.05) is 14.1 Å². The van der Waals surface area contributed by atoms with E-state index in [1.165, 1.54) is 38.1 Å². The van der Waals surface area contributed by atoms with Crippen molar-refractivity contribution in [3.05, 3.63) is 53.2 Å². The summed E-state index contributed by atoms with van der Waals surface area (Å²) in [6, 6.07) is 9.80. The van der Waals surface area contributed by atoms with E-state index < -0.39 is 10.0 Å². The number of halogens is 1. The average molecular weight is 385 g/mol. The van der Waals surface area contributed by atoms with Crippen molar-refractivity contribution < 1.29 is 13.2 Å². The summed E-state index contributed by atoms with van der Waals surface area (Å²) < 4.78 is 25.1. The number of benzene rings is 1. The number of aromatic nitrogens is 1. The zero-order chi connectivity index (χ0) is 17.9. The molecule has 128 valence electrons. The third-order valence-electron chi connectivity index (χ3n) is 3.28. The molecule has 1 aromatic heterocycles. The Kier molecular flexibility index (Phi) is 6.03. The number of hydrogen-bond acceptors (Lipinski definition) is 5. The standard InChI is InChI=1S/C16H17ClN2O3S2/c1-11(16(20)12-4-6-13(17)7-5-12)23-15-9-8-14(10-18-15)24(21,22)19(2)3/h4-11H,1-3H3. The van der Waals surface area contributed by atoms with Crippen LogP contribution >= 0.6 is 23.4 Å². The van der Waals surface area contributed by atoms with E-state index in [0.717, 1.165) is 4.31 Å². The van der Waals surface area contributed by atoms with Gasteiger partial charge in [-0.05, 0) is 43.3 Å². The highest BCUT2D eigenvalue weighted by molar-refractivity contribution is 8.00. The third kappa shape index (κ3) is 4.36. The quantitative estimate of drug-likeness (QED) is 0.564. The van der Waals surface area contributed by atoms with Gasteiger partial charge in [-0.2, -0.15) is 0 Å². The topological polar surface area (TPSA) is 67.3 Å². The monoisotopic (exact) mass is 384 g/mol. The van der Waals surface area contributed by atoms with Crippen LogP contribution in [-0.4, -0.2) is 42.8 Å². The van der Waals surface area contributed by atoms with Crippen molar-refractivity contribution in [1.29, 1.82) is 0 Å². The van der Waals surface area contributed by atoms with Crippen molar-refractivity contribution in [2.45, 2.75) is 22.1 Å². The molecule has 24 heavy (non-hydrogen) atoms. The van der Waals surface area contributed by atoms with Crippen molar-refractivity contribution in [3.63, 3.8) is 0 Å². The molecule has 1 atom stereocenters. The van der Waals surface area contributed by atoms with E-state index in [2.05, 4.69) is 4.98 Å². The van der Waals surface area contributed by atoms with E-state index in [0.29, 0.717) is 15.6 Å². The number of hydrogen-bond donors (Lipinski definition) is 0. The highest BCUT2D eigenvalue weighted by Crippen LogP contribution is 2.25. The molecule has 5 nitrogen and oxygen atoms in total. The van der Waals surface area contributed by atoms with Crippen LogP contribution < -0.4 is 0 Å². The Bertz CT molecular complexity index is 819. The van der Waals surface area contributed by atoms with Crippen LogP contribution in [0, 0.1) is 0 Å². The summed E-state index contributed by atoms with van der Waals surface area (Å²) in [5.41, 5.74) is 0.575. The first-order chi connectivity index (χ1) is 11.2. The summed E-state index contributed by atoms with van der Waals surface area (Å²) >= 11 is 7.10. The molecule has 0 amide bonds. The van der Waals surface area contributed by atoms with Gasteiger partial charge in [-0.3, -0.25) is 4.79 Å². The average Bonchev–Trinajstić information content (AvgIpc) is 2.55. The number of rotatable bonds is 6. The molecule has 1 aromatic carbocycles. The molecular weight excluding hydrogens is 368 g/mol. The number of carbonyl (C=O) groups is 1. The van der Waals surface area contributed by atoms with Gasteiger partial charge in [-0.1, -0.05) is 23.4 Å². The minimum absolute atomic E-state index is 0.0385. The summed E-state index contributed by atoms with van der Waals surface area (Å²) in [6.07, 6.45) is 1.30. The Morgan fingerprint density at radius 2 is 1.79 bits per heavy atom. The zero-order valence-electron chi connectivity index (χ0n) is 13.4. The number of thioether (sulfide) groups is 1. The van der Waals surface area contributed by atoms with Crippen molar-refractivity contribution in [1.82, 2.24) is 9.29 Å². The molecule has 0 bridgehead atoms. The summed E-state index contributed by atoms with van der Waals surface area (Å²) in [5, 5.41) is 0.809. The number of pyridine rings is 1. The normalized spacial score (nSPS) is 13.0. The molecule has 1 unspecified atom stereocenters. The maximum Gasteiger partial charge on any atom is 0.244 e. The Labute approximate surface area is 151 Å². The molecule has 0 fully saturated rings. The Balaban J connectivity index is 2.11. The molecule has 8 heteroatoms. The molecule has 0 saturated carbocycles. The van der Waals surface area contributed by atoms with E-state index in [1.807, 2.05) is 0 Å². The van der Waals surface area contributed by atoms with Crippen LogP contribution in [0.2, 0.25) is 5.02 Å². The second-order valence-electron chi connectivity index (χ2n) is 5.25. The van der Waals surface area contributed by atoms with Gasteiger partial charge in [-0.25, -0.2) is 17.7 Å². The second-order valence-corrected chi connectivity index (χ2v) is 9.20. The van der Waals surface area contributed by atoms with Crippen molar-refractivity contribution >= 4 is 39.2 Å². The SMILES string of the molecule is CC(Sc1ccc(S(=O)(=O)N(C)C)cn1)C(=O)c1ccc(Cl)cc1. The van der Waals surface area contributed by atoms with Gasteiger partial charge in [-0.15, -0.1) is 0 Å². The van der Waals surface area contributed by atoms with Crippen LogP contribution in [0.4, 0.5) is 0 Å². The third-order valence-corrected chi connectivity index (χ3v) is 6.38. The lowest BCUT2D eigenvalue weighted by Crippen LogP contribution is -2.22. The lowest BCUT2D eigenvalue weighted by Gasteiger charge is -2.12. The largest absolute Gasteiger partial charge is 0.293 e. The summed E-state index contributed by atoms with van der Waals surface area (Å²) in [5.74, 6) is -0.0385. The fourth-order valence-electron chi connectivity index (χ4n) is 1.88. The van der Waals surface area contributed by atoms with Gasteiger partial charge in [0.2, 0.25) is 10.0 Å². The molecule has 0 N–H and O–H groups in total. The molecule has 2 rings (SSSR count). The number of ketones is 1. The van der Waals surface area contributed by atoms with E-state index in [-0.39, 0.29) is 15.9 Å². The van der Waals surface area contributed by atoms with Crippen LogP contribution in [0.1, 0.15) is 17.3 Å². The zero-order valence-corrected chi connectivity index (χ0v) is 15.8. The molecular formula is C16H17ClN2O3S2. The summed E-state index contributed by atoms with van der Waals surface area (Å²) in [4.78, 5) is 16.6. The second kappa shape index (κ2) is 7.65. The number of sulfonamides is 1. The van der Waals surface area contributed by atoms with E-state index in [9.17, 15) is 13.2 Å². The highest BCUT2D eigenvalue weighted by atomic mass is 35.5. The van der Waals surface area contributed by atoms with E-state index in [1.54, 1.807) is 37.3 Å². The Morgan fingerprint density at radius 3 is 2.29 bits per heavy atom. The van der Waals surface area contributed by atoms with Gasteiger partial charge in [0.15, 0.2) is 5.78 Å². The van der Waals surface area contributed by atoms with Crippen LogP contribution in [0.3, 0.4) is 0 Å². The molecule has 1 heterocycles. The lowest BCUT2D eigenvalue weighted by molar-refractivity contribution is 0.0994. The predicted octanol–water partition coefficient (Wildman–Crippen LogP) is 3.35. The van der Waals surface area contributed by atoms with E-state index in [4.69, 9.17) is 11.6 Å². The van der Waals surface area contributed by atoms with Gasteiger partial charge in [0.05, 0.1) is 10.3 Å². The number of carbonyl (C=O) groups excluding carboxylic acids is 1.